The van der Waals surface area contributed by atoms with Crippen molar-refractivity contribution in [3.8, 4) is 5.75 Å². The summed E-state index contributed by atoms with van der Waals surface area (Å²) in [5, 5.41) is 0. The van der Waals surface area contributed by atoms with Crippen LogP contribution in [0.3, 0.4) is 0 Å². The molecule has 0 fully saturated rings. The number of rotatable bonds is 4. The second kappa shape index (κ2) is 6.05. The molecule has 1 aromatic rings. The largest absolute Gasteiger partial charge is 0.497 e. The first-order valence-corrected chi connectivity index (χ1v) is 6.54. The van der Waals surface area contributed by atoms with Crippen LogP contribution in [0.4, 0.5) is 0 Å². The summed E-state index contributed by atoms with van der Waals surface area (Å²) in [6, 6.07) is 8.35. The van der Waals surface area contributed by atoms with Crippen molar-refractivity contribution in [1.29, 1.82) is 0 Å². The molecule has 2 rings (SSSR count). The zero-order valence-electron chi connectivity index (χ0n) is 11.6. The molecule has 1 radical (unpaired) electrons. The fourth-order valence-electron chi connectivity index (χ4n) is 2.39. The molecule has 1 aromatic carbocycles. The van der Waals surface area contributed by atoms with E-state index in [9.17, 15) is 0 Å². The summed E-state index contributed by atoms with van der Waals surface area (Å²) < 4.78 is 5.28. The molecule has 0 unspecified atom stereocenters. The Morgan fingerprint density at radius 3 is 2.78 bits per heavy atom. The van der Waals surface area contributed by atoms with Crippen molar-refractivity contribution in [3.63, 3.8) is 0 Å². The van der Waals surface area contributed by atoms with Gasteiger partial charge >= 0.3 is 0 Å². The quantitative estimate of drug-likeness (QED) is 0.805. The lowest BCUT2D eigenvalue weighted by Gasteiger charge is -2.27. The molecule has 1 heterocycles. The highest BCUT2D eigenvalue weighted by atomic mass is 16.5. The van der Waals surface area contributed by atoms with Crippen molar-refractivity contribution in [1.82, 2.24) is 4.90 Å². The zero-order valence-corrected chi connectivity index (χ0v) is 11.6. The van der Waals surface area contributed by atoms with Gasteiger partial charge in [0.25, 0.3) is 0 Å². The summed E-state index contributed by atoms with van der Waals surface area (Å²) in [7, 11) is 1.72. The third-order valence-corrected chi connectivity index (χ3v) is 3.27. The Morgan fingerprint density at radius 1 is 1.33 bits per heavy atom. The Bertz CT molecular complexity index is 423. The first-order valence-electron chi connectivity index (χ1n) is 6.54. The van der Waals surface area contributed by atoms with Crippen molar-refractivity contribution in [2.75, 3.05) is 26.7 Å². The molecule has 0 atom stereocenters. The number of nitrogens with zero attached hydrogens (tertiary/aromatic N) is 1. The summed E-state index contributed by atoms with van der Waals surface area (Å²) in [4.78, 5) is 2.49. The van der Waals surface area contributed by atoms with Gasteiger partial charge < -0.3 is 4.74 Å². The monoisotopic (exact) mass is 244 g/mol. The minimum absolute atomic E-state index is 0.938. The normalized spacial score (nSPS) is 16.8. The number of hydrogen-bond donors (Lipinski definition) is 0. The highest BCUT2D eigenvalue weighted by Gasteiger charge is 2.14. The fraction of sp³-hybridized carbons (Fsp3) is 0.438. The number of methoxy groups -OCH3 is 1. The summed E-state index contributed by atoms with van der Waals surface area (Å²) in [5.74, 6) is 2.42. The predicted octanol–water partition coefficient (Wildman–Crippen LogP) is 3.40. The smallest absolute Gasteiger partial charge is 0.119 e. The lowest BCUT2D eigenvalue weighted by atomic mass is 9.99. The molecule has 18 heavy (non-hydrogen) atoms. The molecule has 2 heteroatoms. The first-order chi connectivity index (χ1) is 8.69. The van der Waals surface area contributed by atoms with Crippen LogP contribution < -0.4 is 4.74 Å². The molecule has 0 aliphatic carbocycles. The Kier molecular flexibility index (Phi) is 4.43. The van der Waals surface area contributed by atoms with E-state index in [1.54, 1.807) is 7.11 Å². The van der Waals surface area contributed by atoms with Crippen LogP contribution >= 0.6 is 0 Å². The van der Waals surface area contributed by atoms with Gasteiger partial charge in [0.1, 0.15) is 5.75 Å². The molecule has 0 bridgehead atoms. The van der Waals surface area contributed by atoms with E-state index in [-0.39, 0.29) is 0 Å². The first kappa shape index (κ1) is 13.2. The van der Waals surface area contributed by atoms with Crippen LogP contribution in [0.25, 0.3) is 5.57 Å². The van der Waals surface area contributed by atoms with E-state index >= 15 is 0 Å². The summed E-state index contributed by atoms with van der Waals surface area (Å²) in [6.07, 6.45) is 3.47. The maximum atomic E-state index is 5.28. The molecule has 1 aliphatic rings. The highest BCUT2D eigenvalue weighted by molar-refractivity contribution is 5.67. The second-order valence-electron chi connectivity index (χ2n) is 5.15. The van der Waals surface area contributed by atoms with E-state index in [4.69, 9.17) is 4.74 Å². The molecular formula is C16H22NO. The molecule has 0 spiro atoms. The van der Waals surface area contributed by atoms with Crippen molar-refractivity contribution in [2.45, 2.75) is 20.3 Å². The average molecular weight is 244 g/mol. The van der Waals surface area contributed by atoms with E-state index in [0.717, 1.165) is 31.8 Å². The third kappa shape index (κ3) is 3.36. The number of ether oxygens (including phenoxy) is 1. The lowest BCUT2D eigenvalue weighted by molar-refractivity contribution is 0.313. The molecule has 0 saturated carbocycles. The van der Waals surface area contributed by atoms with Gasteiger partial charge in [0.2, 0.25) is 0 Å². The molecule has 2 nitrogen and oxygen atoms in total. The van der Waals surface area contributed by atoms with Crippen LogP contribution in [0.15, 0.2) is 30.3 Å². The summed E-state index contributed by atoms with van der Waals surface area (Å²) in [5.41, 5.74) is 2.74. The van der Waals surface area contributed by atoms with Gasteiger partial charge in [-0.05, 0) is 35.6 Å². The van der Waals surface area contributed by atoms with Crippen LogP contribution in [-0.4, -0.2) is 31.6 Å². The molecular weight excluding hydrogens is 222 g/mol. The average Bonchev–Trinajstić information content (AvgIpc) is 2.39. The molecule has 0 N–H and O–H groups in total. The van der Waals surface area contributed by atoms with Crippen LogP contribution in [-0.2, 0) is 0 Å². The number of benzene rings is 1. The molecule has 0 aromatic heterocycles. The summed E-state index contributed by atoms with van der Waals surface area (Å²) in [6.45, 7) is 7.70. The Balaban J connectivity index is 2.04. The topological polar surface area (TPSA) is 12.5 Å². The Morgan fingerprint density at radius 2 is 2.17 bits per heavy atom. The minimum atomic E-state index is 0.938. The van der Waals surface area contributed by atoms with Crippen molar-refractivity contribution < 1.29 is 4.74 Å². The van der Waals surface area contributed by atoms with Gasteiger partial charge in [-0.2, -0.15) is 0 Å². The van der Waals surface area contributed by atoms with Gasteiger partial charge in [0, 0.05) is 19.6 Å². The molecule has 97 valence electrons. The van der Waals surface area contributed by atoms with Gasteiger partial charge in [-0.3, -0.25) is 4.90 Å². The van der Waals surface area contributed by atoms with Gasteiger partial charge in [0.05, 0.1) is 7.11 Å². The van der Waals surface area contributed by atoms with Crippen molar-refractivity contribution in [3.05, 3.63) is 41.8 Å². The maximum absolute atomic E-state index is 5.28. The van der Waals surface area contributed by atoms with E-state index in [0.29, 0.717) is 0 Å². The maximum Gasteiger partial charge on any atom is 0.119 e. The highest BCUT2D eigenvalue weighted by Crippen LogP contribution is 2.25. The fourth-order valence-corrected chi connectivity index (χ4v) is 2.39. The van der Waals surface area contributed by atoms with Crippen molar-refractivity contribution in [2.24, 2.45) is 0 Å². The van der Waals surface area contributed by atoms with Crippen LogP contribution in [0, 0.1) is 5.92 Å². The predicted molar refractivity (Wildman–Crippen MR) is 76.6 cm³/mol. The molecule has 0 saturated heterocycles. The summed E-state index contributed by atoms with van der Waals surface area (Å²) >= 11 is 0. The Hall–Kier alpha value is -1.28. The lowest BCUT2D eigenvalue weighted by Crippen LogP contribution is -2.31. The van der Waals surface area contributed by atoms with Crippen molar-refractivity contribution >= 4 is 5.57 Å². The molecule has 0 amide bonds. The van der Waals surface area contributed by atoms with Crippen LogP contribution in [0.1, 0.15) is 25.8 Å². The minimum Gasteiger partial charge on any atom is -0.497 e. The SMILES string of the molecule is COc1cccc(C2=CCN(C[C](C)C)CC2)c1. The van der Waals surface area contributed by atoms with E-state index in [1.807, 2.05) is 6.07 Å². The van der Waals surface area contributed by atoms with E-state index in [2.05, 4.69) is 43.0 Å². The van der Waals surface area contributed by atoms with Gasteiger partial charge in [0.15, 0.2) is 0 Å². The van der Waals surface area contributed by atoms with Gasteiger partial charge in [-0.15, -0.1) is 0 Å². The van der Waals surface area contributed by atoms with Gasteiger partial charge in [-0.25, -0.2) is 0 Å². The standard InChI is InChI=1S/C16H22NO/c1-13(2)12-17-9-7-14(8-10-17)15-5-4-6-16(11-15)18-3/h4-7,11H,8-10,12H2,1-3H3. The second-order valence-corrected chi connectivity index (χ2v) is 5.15. The molecule has 1 aliphatic heterocycles. The van der Waals surface area contributed by atoms with Crippen LogP contribution in [0.5, 0.6) is 5.75 Å². The van der Waals surface area contributed by atoms with Crippen LogP contribution in [0.2, 0.25) is 0 Å². The van der Waals surface area contributed by atoms with E-state index in [1.165, 1.54) is 17.1 Å². The van der Waals surface area contributed by atoms with E-state index < -0.39 is 0 Å². The zero-order chi connectivity index (χ0) is 13.0. The Labute approximate surface area is 110 Å². The number of hydrogen-bond acceptors (Lipinski definition) is 2. The third-order valence-electron chi connectivity index (χ3n) is 3.27. The van der Waals surface area contributed by atoms with Gasteiger partial charge in [-0.1, -0.05) is 32.1 Å².